The van der Waals surface area contributed by atoms with Crippen molar-refractivity contribution in [3.05, 3.63) is 64.8 Å². The van der Waals surface area contributed by atoms with Gasteiger partial charge in [0, 0.05) is 11.9 Å². The summed E-state index contributed by atoms with van der Waals surface area (Å²) in [6.07, 6.45) is -3.29. The molecule has 1 aliphatic heterocycles. The van der Waals surface area contributed by atoms with E-state index in [0.29, 0.717) is 24.2 Å². The lowest BCUT2D eigenvalue weighted by Crippen LogP contribution is -2.51. The third-order valence-electron chi connectivity index (χ3n) is 5.81. The van der Waals surface area contributed by atoms with Crippen molar-refractivity contribution in [3.63, 3.8) is 0 Å². The lowest BCUT2D eigenvalue weighted by molar-refractivity contribution is -0.272. The summed E-state index contributed by atoms with van der Waals surface area (Å²) >= 11 is 0. The predicted molar refractivity (Wildman–Crippen MR) is 110 cm³/mol. The number of fused-ring (bicyclic) bond motifs is 1. The molecule has 4 rings (SSSR count). The summed E-state index contributed by atoms with van der Waals surface area (Å²) in [6, 6.07) is 14.1. The second kappa shape index (κ2) is 7.98. The molecule has 1 atom stereocenters. The van der Waals surface area contributed by atoms with Crippen molar-refractivity contribution in [2.75, 3.05) is 19.6 Å². The van der Waals surface area contributed by atoms with Crippen LogP contribution < -0.4 is 0 Å². The molecule has 0 saturated carbocycles. The van der Waals surface area contributed by atoms with Crippen LogP contribution in [0.2, 0.25) is 0 Å². The Bertz CT molecular complexity index is 1140. The molecule has 1 aliphatic rings. The first-order valence-electron chi connectivity index (χ1n) is 10.2. The SMILES string of the molecule is Cc1cccc(Cn2nc(C(O)(CN3CCCC3)C(F)(F)F)c3ccc(C#N)cc32)c1. The van der Waals surface area contributed by atoms with E-state index in [1.807, 2.05) is 37.3 Å². The first-order valence-corrected chi connectivity index (χ1v) is 10.2. The Morgan fingerprint density at radius 1 is 1.13 bits per heavy atom. The molecule has 1 aromatic heterocycles. The highest BCUT2D eigenvalue weighted by Crippen LogP contribution is 2.42. The van der Waals surface area contributed by atoms with Gasteiger partial charge in [0.2, 0.25) is 5.60 Å². The molecule has 1 N–H and O–H groups in total. The summed E-state index contributed by atoms with van der Waals surface area (Å²) in [7, 11) is 0. The molecular formula is C23H23F3N4O. The van der Waals surface area contributed by atoms with Crippen LogP contribution in [-0.2, 0) is 12.1 Å². The van der Waals surface area contributed by atoms with Gasteiger partial charge in [0.25, 0.3) is 0 Å². The highest BCUT2D eigenvalue weighted by atomic mass is 19.4. The minimum absolute atomic E-state index is 0.200. The number of aromatic nitrogens is 2. The molecule has 0 amide bonds. The standard InChI is InChI=1S/C23H23F3N4O/c1-16-5-4-6-18(11-16)14-30-20-12-17(13-27)7-8-19(20)21(28-30)22(31,23(24,25)26)15-29-9-2-3-10-29/h4-8,11-12,31H,2-3,9-10,14-15H2,1H3. The van der Waals surface area contributed by atoms with Crippen LogP contribution in [0, 0.1) is 18.3 Å². The fraction of sp³-hybridized carbons (Fsp3) is 0.391. The second-order valence-electron chi connectivity index (χ2n) is 8.18. The van der Waals surface area contributed by atoms with Crippen molar-refractivity contribution in [3.8, 4) is 6.07 Å². The third kappa shape index (κ3) is 4.03. The fourth-order valence-electron chi connectivity index (χ4n) is 4.22. The Hall–Kier alpha value is -2.89. The minimum Gasteiger partial charge on any atom is -0.374 e. The second-order valence-corrected chi connectivity index (χ2v) is 8.18. The number of nitriles is 1. The number of β-amino-alcohol motifs (C(OH)–C–C–N with tert-alkyl or cyclic N) is 1. The first-order chi connectivity index (χ1) is 14.7. The van der Waals surface area contributed by atoms with E-state index in [2.05, 4.69) is 5.10 Å². The number of benzene rings is 2. The predicted octanol–water partition coefficient (Wildman–Crippen LogP) is 4.11. The van der Waals surface area contributed by atoms with Gasteiger partial charge in [-0.1, -0.05) is 29.8 Å². The molecule has 162 valence electrons. The molecule has 0 bridgehead atoms. The minimum atomic E-state index is -4.90. The van der Waals surface area contributed by atoms with Gasteiger partial charge in [-0.25, -0.2) is 0 Å². The number of halogens is 3. The Morgan fingerprint density at radius 3 is 2.52 bits per heavy atom. The number of aliphatic hydroxyl groups is 1. The van der Waals surface area contributed by atoms with Gasteiger partial charge >= 0.3 is 6.18 Å². The first kappa shape index (κ1) is 21.3. The molecule has 1 fully saturated rings. The topological polar surface area (TPSA) is 65.1 Å². The summed E-state index contributed by atoms with van der Waals surface area (Å²) in [5.41, 5.74) is -0.930. The maximum atomic E-state index is 14.2. The molecule has 8 heteroatoms. The van der Waals surface area contributed by atoms with E-state index in [4.69, 9.17) is 0 Å². The van der Waals surface area contributed by atoms with Crippen LogP contribution in [0.1, 0.15) is 35.2 Å². The van der Waals surface area contributed by atoms with E-state index in [1.54, 1.807) is 4.90 Å². The van der Waals surface area contributed by atoms with Gasteiger partial charge in [-0.15, -0.1) is 0 Å². The molecule has 5 nitrogen and oxygen atoms in total. The van der Waals surface area contributed by atoms with Crippen LogP contribution >= 0.6 is 0 Å². The highest BCUT2D eigenvalue weighted by Gasteiger charge is 2.58. The van der Waals surface area contributed by atoms with E-state index >= 15 is 0 Å². The maximum Gasteiger partial charge on any atom is 0.424 e. The van der Waals surface area contributed by atoms with Crippen LogP contribution in [0.5, 0.6) is 0 Å². The molecule has 0 spiro atoms. The molecule has 2 aromatic carbocycles. The van der Waals surface area contributed by atoms with Gasteiger partial charge < -0.3 is 5.11 Å². The van der Waals surface area contributed by atoms with Crippen LogP contribution in [0.25, 0.3) is 10.9 Å². The third-order valence-corrected chi connectivity index (χ3v) is 5.81. The zero-order valence-corrected chi connectivity index (χ0v) is 17.2. The van der Waals surface area contributed by atoms with Gasteiger partial charge in [0.1, 0.15) is 5.69 Å². The van der Waals surface area contributed by atoms with Crippen LogP contribution in [0.4, 0.5) is 13.2 Å². The van der Waals surface area contributed by atoms with Gasteiger partial charge in [0.05, 0.1) is 23.7 Å². The molecule has 0 radical (unpaired) electrons. The normalized spacial score (nSPS) is 17.0. The maximum absolute atomic E-state index is 14.2. The Kier molecular flexibility index (Phi) is 5.50. The smallest absolute Gasteiger partial charge is 0.374 e. The number of alkyl halides is 3. The zero-order chi connectivity index (χ0) is 22.2. The number of likely N-dealkylation sites (tertiary alicyclic amines) is 1. The number of nitrogens with zero attached hydrogens (tertiary/aromatic N) is 4. The van der Waals surface area contributed by atoms with Gasteiger partial charge in [-0.05, 0) is 56.6 Å². The van der Waals surface area contributed by atoms with Crippen LogP contribution in [0.15, 0.2) is 42.5 Å². The average molecular weight is 428 g/mol. The summed E-state index contributed by atoms with van der Waals surface area (Å²) in [6.45, 7) is 2.62. The molecule has 1 saturated heterocycles. The van der Waals surface area contributed by atoms with E-state index in [9.17, 15) is 23.5 Å². The number of hydrogen-bond donors (Lipinski definition) is 1. The van der Waals surface area contributed by atoms with Crippen molar-refractivity contribution >= 4 is 10.9 Å². The van der Waals surface area contributed by atoms with Gasteiger partial charge in [-0.2, -0.15) is 23.5 Å². The molecule has 31 heavy (non-hydrogen) atoms. The van der Waals surface area contributed by atoms with E-state index in [-0.39, 0.29) is 11.9 Å². The largest absolute Gasteiger partial charge is 0.424 e. The fourth-order valence-corrected chi connectivity index (χ4v) is 4.22. The summed E-state index contributed by atoms with van der Waals surface area (Å²) in [5, 5.41) is 24.8. The highest BCUT2D eigenvalue weighted by molar-refractivity contribution is 5.84. The van der Waals surface area contributed by atoms with Crippen molar-refractivity contribution in [2.45, 2.75) is 38.1 Å². The van der Waals surface area contributed by atoms with E-state index in [0.717, 1.165) is 24.0 Å². The monoisotopic (exact) mass is 428 g/mol. The molecule has 0 aliphatic carbocycles. The summed E-state index contributed by atoms with van der Waals surface area (Å²) in [4.78, 5) is 1.63. The number of hydrogen-bond acceptors (Lipinski definition) is 4. The summed E-state index contributed by atoms with van der Waals surface area (Å²) in [5.74, 6) is 0. The molecular weight excluding hydrogens is 405 g/mol. The van der Waals surface area contributed by atoms with Crippen LogP contribution in [-0.4, -0.2) is 45.6 Å². The van der Waals surface area contributed by atoms with Crippen molar-refractivity contribution in [1.82, 2.24) is 14.7 Å². The molecule has 1 unspecified atom stereocenters. The lowest BCUT2D eigenvalue weighted by atomic mass is 9.94. The van der Waals surface area contributed by atoms with Crippen molar-refractivity contribution in [1.29, 1.82) is 5.26 Å². The molecule has 2 heterocycles. The summed E-state index contributed by atoms with van der Waals surface area (Å²) < 4.78 is 44.1. The van der Waals surface area contributed by atoms with E-state index in [1.165, 1.54) is 22.9 Å². The number of rotatable bonds is 5. The zero-order valence-electron chi connectivity index (χ0n) is 17.2. The lowest BCUT2D eigenvalue weighted by Gasteiger charge is -2.33. The van der Waals surface area contributed by atoms with Crippen LogP contribution in [0.3, 0.4) is 0 Å². The molecule has 3 aromatic rings. The van der Waals surface area contributed by atoms with Gasteiger partial charge in [-0.3, -0.25) is 9.58 Å². The Morgan fingerprint density at radius 2 is 1.87 bits per heavy atom. The average Bonchev–Trinajstić information content (AvgIpc) is 3.35. The Labute approximate surface area is 178 Å². The van der Waals surface area contributed by atoms with Gasteiger partial charge in [0.15, 0.2) is 0 Å². The van der Waals surface area contributed by atoms with E-state index < -0.39 is 24.0 Å². The van der Waals surface area contributed by atoms with Crippen molar-refractivity contribution < 1.29 is 18.3 Å². The number of aryl methyl sites for hydroxylation is 1. The Balaban J connectivity index is 1.87. The quantitative estimate of drug-likeness (QED) is 0.664. The van der Waals surface area contributed by atoms with Crippen molar-refractivity contribution in [2.24, 2.45) is 0 Å².